The highest BCUT2D eigenvalue weighted by Gasteiger charge is 2.55. The molecule has 0 heterocycles. The second kappa shape index (κ2) is 10.1. The molecule has 1 aromatic carbocycles. The lowest BCUT2D eigenvalue weighted by molar-refractivity contribution is -0.251. The van der Waals surface area contributed by atoms with Gasteiger partial charge in [0.1, 0.15) is 24.0 Å². The summed E-state index contributed by atoms with van der Waals surface area (Å²) in [7, 11) is 0. The van der Waals surface area contributed by atoms with E-state index in [4.69, 9.17) is 0 Å². The monoisotopic (exact) mass is 492 g/mol. The van der Waals surface area contributed by atoms with E-state index in [1.54, 1.807) is 0 Å². The minimum atomic E-state index is -4.36. The predicted octanol–water partition coefficient (Wildman–Crippen LogP) is 8.33. The van der Waals surface area contributed by atoms with Crippen LogP contribution in [0.2, 0.25) is 0 Å². The fourth-order valence-electron chi connectivity index (χ4n) is 6.13. The minimum absolute atomic E-state index is 0.231. The van der Waals surface area contributed by atoms with Gasteiger partial charge in [0.2, 0.25) is 0 Å². The predicted molar refractivity (Wildman–Crippen MR) is 114 cm³/mol. The number of hydrogen-bond donors (Lipinski definition) is 0. The lowest BCUT2D eigenvalue weighted by atomic mass is 9.68. The number of alkyl halides is 4. The molecule has 1 nitrogen and oxygen atoms in total. The van der Waals surface area contributed by atoms with Gasteiger partial charge in [-0.15, -0.1) is 0 Å². The molecule has 3 unspecified atom stereocenters. The number of hydrogen-bond acceptors (Lipinski definition) is 1. The number of benzene rings is 1. The first kappa shape index (κ1) is 25.4. The molecular formula is C26H31F7O. The minimum Gasteiger partial charge on any atom is -0.432 e. The smallest absolute Gasteiger partial charge is 0.406 e. The Morgan fingerprint density at radius 3 is 1.97 bits per heavy atom. The van der Waals surface area contributed by atoms with E-state index in [1.165, 1.54) is 25.7 Å². The van der Waals surface area contributed by atoms with Crippen molar-refractivity contribution in [3.05, 3.63) is 41.2 Å². The van der Waals surface area contributed by atoms with Crippen molar-refractivity contribution in [1.29, 1.82) is 0 Å². The standard InChI is InChI=1S/C26H31F7O/c1-14-2-4-15(5-3-14)16-6-8-17(9-7-16)18-10-20(27)24(21(28)11-18)26(32,33)34-19-12-22(29)25(31)23(30)13-19/h8,12-16,18,20-21,24H,2-7,9-11H2,1H3. The highest BCUT2D eigenvalue weighted by atomic mass is 19.3. The van der Waals surface area contributed by atoms with Gasteiger partial charge in [0, 0.05) is 12.1 Å². The third-order valence-electron chi connectivity index (χ3n) is 8.14. The summed E-state index contributed by atoms with van der Waals surface area (Å²) in [6.07, 6.45) is 0.266. The van der Waals surface area contributed by atoms with E-state index in [-0.39, 0.29) is 25.0 Å². The van der Waals surface area contributed by atoms with Crippen LogP contribution in [-0.4, -0.2) is 18.5 Å². The summed E-state index contributed by atoms with van der Waals surface area (Å²) >= 11 is 0. The van der Waals surface area contributed by atoms with Crippen LogP contribution >= 0.6 is 0 Å². The summed E-state index contributed by atoms with van der Waals surface area (Å²) in [4.78, 5) is 0. The Bertz CT molecular complexity index is 858. The molecule has 190 valence electrons. The Labute approximate surface area is 195 Å². The van der Waals surface area contributed by atoms with Crippen molar-refractivity contribution in [3.63, 3.8) is 0 Å². The first-order chi connectivity index (χ1) is 16.0. The summed E-state index contributed by atoms with van der Waals surface area (Å²) in [5, 5.41) is 0. The molecule has 0 aliphatic heterocycles. The molecule has 8 heteroatoms. The van der Waals surface area contributed by atoms with Crippen molar-refractivity contribution in [2.45, 2.75) is 83.2 Å². The average molecular weight is 493 g/mol. The van der Waals surface area contributed by atoms with E-state index < -0.39 is 53.5 Å². The van der Waals surface area contributed by atoms with Gasteiger partial charge in [-0.05, 0) is 68.6 Å². The van der Waals surface area contributed by atoms with Crippen LogP contribution in [0.5, 0.6) is 5.75 Å². The maximum absolute atomic E-state index is 14.9. The van der Waals surface area contributed by atoms with Crippen molar-refractivity contribution >= 4 is 0 Å². The van der Waals surface area contributed by atoms with Crippen molar-refractivity contribution in [2.75, 3.05) is 0 Å². The maximum Gasteiger partial charge on any atom is 0.406 e. The summed E-state index contributed by atoms with van der Waals surface area (Å²) < 4.78 is 103. The number of allylic oxidation sites excluding steroid dienone is 2. The molecule has 0 amide bonds. The van der Waals surface area contributed by atoms with Crippen LogP contribution in [-0.2, 0) is 0 Å². The zero-order chi connectivity index (χ0) is 24.6. The van der Waals surface area contributed by atoms with E-state index >= 15 is 0 Å². The van der Waals surface area contributed by atoms with E-state index in [9.17, 15) is 30.7 Å². The van der Waals surface area contributed by atoms with Gasteiger partial charge >= 0.3 is 6.11 Å². The van der Waals surface area contributed by atoms with Crippen molar-refractivity contribution < 1.29 is 35.5 Å². The fourth-order valence-corrected chi connectivity index (χ4v) is 6.13. The number of rotatable bonds is 5. The van der Waals surface area contributed by atoms with Crippen molar-refractivity contribution in [2.24, 2.45) is 29.6 Å². The van der Waals surface area contributed by atoms with Crippen LogP contribution in [0.3, 0.4) is 0 Å². The van der Waals surface area contributed by atoms with Crippen molar-refractivity contribution in [3.8, 4) is 5.75 Å². The van der Waals surface area contributed by atoms with Gasteiger partial charge in [-0.1, -0.05) is 31.4 Å². The molecule has 0 bridgehead atoms. The van der Waals surface area contributed by atoms with Crippen LogP contribution in [0.15, 0.2) is 23.8 Å². The fraction of sp³-hybridized carbons (Fsp3) is 0.692. The Kier molecular flexibility index (Phi) is 7.53. The second-order valence-corrected chi connectivity index (χ2v) is 10.4. The first-order valence-electron chi connectivity index (χ1n) is 12.2. The van der Waals surface area contributed by atoms with Gasteiger partial charge < -0.3 is 4.74 Å². The SMILES string of the molecule is CC1CCC(C2CC=C(C3CC(F)C(C(F)(F)Oc4cc(F)c(F)c(F)c4)C(F)C3)CC2)CC1. The van der Waals surface area contributed by atoms with E-state index in [2.05, 4.69) is 17.7 Å². The lowest BCUT2D eigenvalue weighted by Crippen LogP contribution is -2.49. The van der Waals surface area contributed by atoms with Crippen LogP contribution in [0.25, 0.3) is 0 Å². The molecule has 0 N–H and O–H groups in total. The molecular weight excluding hydrogens is 461 g/mol. The molecule has 2 fully saturated rings. The third-order valence-corrected chi connectivity index (χ3v) is 8.14. The zero-order valence-electron chi connectivity index (χ0n) is 19.2. The normalized spacial score (nSPS) is 35.1. The molecule has 3 aliphatic rings. The van der Waals surface area contributed by atoms with Gasteiger partial charge in [0.15, 0.2) is 17.5 Å². The van der Waals surface area contributed by atoms with Gasteiger partial charge in [0.25, 0.3) is 0 Å². The molecule has 3 aliphatic carbocycles. The summed E-state index contributed by atoms with van der Waals surface area (Å²) in [6, 6.07) is 0.462. The molecule has 4 rings (SSSR count). The van der Waals surface area contributed by atoms with Crippen LogP contribution in [0.1, 0.15) is 64.7 Å². The Morgan fingerprint density at radius 2 is 1.44 bits per heavy atom. The highest BCUT2D eigenvalue weighted by Crippen LogP contribution is 2.48. The third kappa shape index (κ3) is 5.40. The van der Waals surface area contributed by atoms with Crippen LogP contribution in [0, 0.1) is 47.0 Å². The topological polar surface area (TPSA) is 9.23 Å². The quantitative estimate of drug-likeness (QED) is 0.228. The van der Waals surface area contributed by atoms with E-state index in [0.717, 1.165) is 30.8 Å². The van der Waals surface area contributed by atoms with E-state index in [1.807, 2.05) is 0 Å². The van der Waals surface area contributed by atoms with Gasteiger partial charge in [0.05, 0.1) is 0 Å². The second-order valence-electron chi connectivity index (χ2n) is 10.4. The maximum atomic E-state index is 14.9. The van der Waals surface area contributed by atoms with Gasteiger partial charge in [-0.25, -0.2) is 22.0 Å². The molecule has 0 radical (unpaired) electrons. The molecule has 0 aromatic heterocycles. The molecule has 0 saturated heterocycles. The molecule has 3 atom stereocenters. The molecule has 34 heavy (non-hydrogen) atoms. The summed E-state index contributed by atoms with van der Waals surface area (Å²) in [5.41, 5.74) is 0.941. The van der Waals surface area contributed by atoms with Gasteiger partial charge in [-0.3, -0.25) is 0 Å². The summed E-state index contributed by atoms with van der Waals surface area (Å²) in [5.74, 6) is -7.17. The summed E-state index contributed by atoms with van der Waals surface area (Å²) in [6.45, 7) is 2.27. The van der Waals surface area contributed by atoms with Crippen molar-refractivity contribution in [1.82, 2.24) is 0 Å². The van der Waals surface area contributed by atoms with Crippen LogP contribution < -0.4 is 4.74 Å². The number of halogens is 7. The largest absolute Gasteiger partial charge is 0.432 e. The molecule has 1 aromatic rings. The first-order valence-corrected chi connectivity index (χ1v) is 12.2. The average Bonchev–Trinajstić information content (AvgIpc) is 2.77. The lowest BCUT2D eigenvalue weighted by Gasteiger charge is -2.40. The van der Waals surface area contributed by atoms with Gasteiger partial charge in [-0.2, -0.15) is 8.78 Å². The van der Waals surface area contributed by atoms with E-state index in [0.29, 0.717) is 11.8 Å². The molecule has 0 spiro atoms. The number of ether oxygens (including phenoxy) is 1. The molecule has 2 saturated carbocycles. The Hall–Kier alpha value is -1.73. The highest BCUT2D eigenvalue weighted by molar-refractivity contribution is 5.25. The van der Waals surface area contributed by atoms with Crippen LogP contribution in [0.4, 0.5) is 30.7 Å². The Morgan fingerprint density at radius 1 is 0.853 bits per heavy atom. The zero-order valence-corrected chi connectivity index (χ0v) is 19.2. The Balaban J connectivity index is 1.38.